The second-order valence-corrected chi connectivity index (χ2v) is 4.20. The Morgan fingerprint density at radius 2 is 2.05 bits per heavy atom. The van der Waals surface area contributed by atoms with Gasteiger partial charge >= 0.3 is 0 Å². The zero-order valence-corrected chi connectivity index (χ0v) is 10.4. The minimum absolute atomic E-state index is 0.0759. The zero-order valence-electron chi connectivity index (χ0n) is 10.4. The van der Waals surface area contributed by atoms with E-state index in [-0.39, 0.29) is 5.76 Å². The van der Waals surface area contributed by atoms with Gasteiger partial charge in [0.2, 0.25) is 5.76 Å². The Kier molecular flexibility index (Phi) is 3.59. The number of carbonyl (C=O) groups excluding carboxylic acids is 1. The lowest BCUT2D eigenvalue weighted by Gasteiger charge is -2.13. The molecule has 1 heterocycles. The summed E-state index contributed by atoms with van der Waals surface area (Å²) in [6.45, 7) is 3.35. The molecule has 0 bridgehead atoms. The van der Waals surface area contributed by atoms with E-state index >= 15 is 0 Å². The molecule has 0 radical (unpaired) electrons. The van der Waals surface area contributed by atoms with Crippen LogP contribution < -0.4 is 5.32 Å². The maximum absolute atomic E-state index is 13.1. The summed E-state index contributed by atoms with van der Waals surface area (Å²) in [4.78, 5) is 11.8. The Hall–Kier alpha value is -2.24. The summed E-state index contributed by atoms with van der Waals surface area (Å²) in [7, 11) is 0. The summed E-state index contributed by atoms with van der Waals surface area (Å²) in [5.74, 6) is -2.26. The maximum atomic E-state index is 13.1. The van der Waals surface area contributed by atoms with Gasteiger partial charge in [-0.05, 0) is 31.5 Å². The number of amides is 1. The summed E-state index contributed by atoms with van der Waals surface area (Å²) in [6.07, 6.45) is 0. The van der Waals surface area contributed by atoms with Gasteiger partial charge in [-0.3, -0.25) is 4.79 Å². The summed E-state index contributed by atoms with van der Waals surface area (Å²) in [6, 6.07) is 4.49. The highest BCUT2D eigenvalue weighted by molar-refractivity contribution is 5.91. The Balaban J connectivity index is 2.10. The lowest BCUT2D eigenvalue weighted by Crippen LogP contribution is -2.26. The molecule has 0 spiro atoms. The van der Waals surface area contributed by atoms with Crippen molar-refractivity contribution in [3.8, 4) is 0 Å². The van der Waals surface area contributed by atoms with Crippen LogP contribution in [-0.4, -0.2) is 11.1 Å². The van der Waals surface area contributed by atoms with Crippen LogP contribution in [0.2, 0.25) is 0 Å². The Labute approximate surface area is 108 Å². The van der Waals surface area contributed by atoms with Gasteiger partial charge in [0, 0.05) is 6.07 Å². The molecular formula is C13H12F2N2O2. The highest BCUT2D eigenvalue weighted by Crippen LogP contribution is 2.16. The number of hydrogen-bond acceptors (Lipinski definition) is 3. The highest BCUT2D eigenvalue weighted by atomic mass is 19.2. The van der Waals surface area contributed by atoms with Gasteiger partial charge in [-0.15, -0.1) is 0 Å². The van der Waals surface area contributed by atoms with Crippen molar-refractivity contribution < 1.29 is 18.1 Å². The molecule has 0 saturated carbocycles. The third-order valence-corrected chi connectivity index (χ3v) is 2.64. The van der Waals surface area contributed by atoms with Crippen LogP contribution in [0, 0.1) is 18.6 Å². The predicted octanol–water partition coefficient (Wildman–Crippen LogP) is 2.75. The summed E-state index contributed by atoms with van der Waals surface area (Å²) < 4.78 is 30.7. The molecule has 6 heteroatoms. The highest BCUT2D eigenvalue weighted by Gasteiger charge is 2.16. The molecule has 4 nitrogen and oxygen atoms in total. The average Bonchev–Trinajstić information content (AvgIpc) is 2.79. The van der Waals surface area contributed by atoms with Crippen LogP contribution in [0.3, 0.4) is 0 Å². The number of rotatable bonds is 3. The molecule has 100 valence electrons. The van der Waals surface area contributed by atoms with Crippen LogP contribution in [0.4, 0.5) is 8.78 Å². The van der Waals surface area contributed by atoms with E-state index in [0.29, 0.717) is 11.3 Å². The second kappa shape index (κ2) is 5.17. The van der Waals surface area contributed by atoms with Crippen molar-refractivity contribution in [1.29, 1.82) is 0 Å². The minimum Gasteiger partial charge on any atom is -0.351 e. The molecule has 0 fully saturated rings. The van der Waals surface area contributed by atoms with Crippen LogP contribution in [-0.2, 0) is 0 Å². The molecule has 1 N–H and O–H groups in total. The minimum atomic E-state index is -0.950. The molecule has 0 saturated heterocycles. The van der Waals surface area contributed by atoms with Crippen LogP contribution in [0.15, 0.2) is 28.8 Å². The van der Waals surface area contributed by atoms with E-state index in [1.54, 1.807) is 13.8 Å². The molecule has 0 unspecified atom stereocenters. The van der Waals surface area contributed by atoms with Gasteiger partial charge in [0.1, 0.15) is 0 Å². The van der Waals surface area contributed by atoms with Gasteiger partial charge in [-0.2, -0.15) is 0 Å². The van der Waals surface area contributed by atoms with Crippen LogP contribution >= 0.6 is 0 Å². The third kappa shape index (κ3) is 2.96. The first-order chi connectivity index (χ1) is 8.97. The topological polar surface area (TPSA) is 55.1 Å². The second-order valence-electron chi connectivity index (χ2n) is 4.20. The van der Waals surface area contributed by atoms with Crippen molar-refractivity contribution in [3.05, 3.63) is 52.9 Å². The molecule has 2 aromatic rings. The SMILES string of the molecule is Cc1cc(C(=O)N[C@@H](C)c2ccc(F)c(F)c2)on1. The van der Waals surface area contributed by atoms with Crippen molar-refractivity contribution in [3.63, 3.8) is 0 Å². The van der Waals surface area contributed by atoms with Crippen molar-refractivity contribution in [2.45, 2.75) is 19.9 Å². The van der Waals surface area contributed by atoms with Crippen molar-refractivity contribution >= 4 is 5.91 Å². The molecule has 19 heavy (non-hydrogen) atoms. The van der Waals surface area contributed by atoms with E-state index in [1.165, 1.54) is 12.1 Å². The molecule has 0 aliphatic carbocycles. The fraction of sp³-hybridized carbons (Fsp3) is 0.231. The number of nitrogens with zero attached hydrogens (tertiary/aromatic N) is 1. The lowest BCUT2D eigenvalue weighted by molar-refractivity contribution is 0.0902. The molecule has 1 amide bonds. The number of nitrogens with one attached hydrogen (secondary N) is 1. The molecule has 0 aliphatic rings. The zero-order chi connectivity index (χ0) is 14.0. The average molecular weight is 266 g/mol. The molecule has 1 atom stereocenters. The van der Waals surface area contributed by atoms with Gasteiger partial charge in [-0.25, -0.2) is 8.78 Å². The van der Waals surface area contributed by atoms with E-state index in [9.17, 15) is 13.6 Å². The smallest absolute Gasteiger partial charge is 0.290 e. The number of aryl methyl sites for hydroxylation is 1. The molecule has 2 rings (SSSR count). The van der Waals surface area contributed by atoms with Gasteiger partial charge in [0.15, 0.2) is 11.6 Å². The molecule has 1 aromatic heterocycles. The van der Waals surface area contributed by atoms with E-state index < -0.39 is 23.6 Å². The molecule has 1 aromatic carbocycles. The Morgan fingerprint density at radius 1 is 1.32 bits per heavy atom. The molecule has 0 aliphatic heterocycles. The molecular weight excluding hydrogens is 254 g/mol. The van der Waals surface area contributed by atoms with E-state index in [0.717, 1.165) is 12.1 Å². The van der Waals surface area contributed by atoms with Gasteiger partial charge < -0.3 is 9.84 Å². The predicted molar refractivity (Wildman–Crippen MR) is 63.5 cm³/mol. The lowest BCUT2D eigenvalue weighted by atomic mass is 10.1. The number of hydrogen-bond donors (Lipinski definition) is 1. The van der Waals surface area contributed by atoms with Crippen LogP contribution in [0.25, 0.3) is 0 Å². The summed E-state index contributed by atoms with van der Waals surface area (Å²) in [5.41, 5.74) is 1.05. The standard InChI is InChI=1S/C13H12F2N2O2/c1-7-5-12(19-17-7)13(18)16-8(2)9-3-4-10(14)11(15)6-9/h3-6,8H,1-2H3,(H,16,18)/t8-/m0/s1. The number of aromatic nitrogens is 1. The third-order valence-electron chi connectivity index (χ3n) is 2.64. The van der Waals surface area contributed by atoms with Crippen molar-refractivity contribution in [2.24, 2.45) is 0 Å². The van der Waals surface area contributed by atoms with Crippen LogP contribution in [0.1, 0.15) is 34.8 Å². The first kappa shape index (κ1) is 13.2. The van der Waals surface area contributed by atoms with E-state index in [2.05, 4.69) is 10.5 Å². The monoisotopic (exact) mass is 266 g/mol. The first-order valence-electron chi connectivity index (χ1n) is 5.66. The summed E-state index contributed by atoms with van der Waals surface area (Å²) in [5, 5.41) is 6.21. The van der Waals surface area contributed by atoms with Crippen molar-refractivity contribution in [2.75, 3.05) is 0 Å². The van der Waals surface area contributed by atoms with Gasteiger partial charge in [-0.1, -0.05) is 11.2 Å². The van der Waals surface area contributed by atoms with Gasteiger partial charge in [0.05, 0.1) is 11.7 Å². The quantitative estimate of drug-likeness (QED) is 0.929. The van der Waals surface area contributed by atoms with Gasteiger partial charge in [0.25, 0.3) is 5.91 Å². The van der Waals surface area contributed by atoms with Crippen molar-refractivity contribution in [1.82, 2.24) is 10.5 Å². The normalized spacial score (nSPS) is 12.2. The number of halogens is 2. The van der Waals surface area contributed by atoms with Crippen LogP contribution in [0.5, 0.6) is 0 Å². The Morgan fingerprint density at radius 3 is 2.63 bits per heavy atom. The largest absolute Gasteiger partial charge is 0.351 e. The first-order valence-corrected chi connectivity index (χ1v) is 5.66. The van der Waals surface area contributed by atoms with E-state index in [4.69, 9.17) is 4.52 Å². The number of benzene rings is 1. The maximum Gasteiger partial charge on any atom is 0.290 e. The fourth-order valence-electron chi connectivity index (χ4n) is 1.60. The number of carbonyl (C=O) groups is 1. The fourth-order valence-corrected chi connectivity index (χ4v) is 1.60. The summed E-state index contributed by atoms with van der Waals surface area (Å²) >= 11 is 0. The Bertz CT molecular complexity index is 610. The van der Waals surface area contributed by atoms with E-state index in [1.807, 2.05) is 0 Å².